The monoisotopic (exact) mass is 342 g/mol. The van der Waals surface area contributed by atoms with Crippen LogP contribution in [-0.2, 0) is 16.0 Å². The third-order valence-corrected chi connectivity index (χ3v) is 5.36. The van der Waals surface area contributed by atoms with Crippen molar-refractivity contribution in [1.29, 1.82) is 0 Å². The van der Waals surface area contributed by atoms with Gasteiger partial charge in [0.1, 0.15) is 0 Å². The number of nitrogens with zero attached hydrogens (tertiary/aromatic N) is 1. The molecule has 1 aromatic heterocycles. The quantitative estimate of drug-likeness (QED) is 0.903. The van der Waals surface area contributed by atoms with Crippen LogP contribution in [0.1, 0.15) is 24.1 Å². The van der Waals surface area contributed by atoms with Crippen LogP contribution in [-0.4, -0.2) is 29.8 Å². The van der Waals surface area contributed by atoms with Crippen molar-refractivity contribution in [2.24, 2.45) is 5.92 Å². The van der Waals surface area contributed by atoms with Crippen molar-refractivity contribution in [3.63, 3.8) is 0 Å². The second-order valence-electron chi connectivity index (χ2n) is 6.09. The van der Waals surface area contributed by atoms with Crippen LogP contribution in [0.15, 0.2) is 47.8 Å². The molecule has 1 aromatic carbocycles. The Morgan fingerprint density at radius 2 is 1.83 bits per heavy atom. The fourth-order valence-electron chi connectivity index (χ4n) is 3.00. The molecule has 1 saturated heterocycles. The Morgan fingerprint density at radius 1 is 1.08 bits per heavy atom. The highest BCUT2D eigenvalue weighted by Crippen LogP contribution is 2.21. The summed E-state index contributed by atoms with van der Waals surface area (Å²) in [7, 11) is 0. The van der Waals surface area contributed by atoms with Crippen molar-refractivity contribution in [2.45, 2.75) is 25.7 Å². The Kier molecular flexibility index (Phi) is 5.64. The Hall–Kier alpha value is -2.14. The van der Waals surface area contributed by atoms with Crippen molar-refractivity contribution in [3.05, 3.63) is 52.7 Å². The second-order valence-corrected chi connectivity index (χ2v) is 7.12. The zero-order chi connectivity index (χ0) is 16.8. The van der Waals surface area contributed by atoms with E-state index in [4.69, 9.17) is 0 Å². The molecule has 0 aliphatic carbocycles. The number of carbonyl (C=O) groups is 2. The van der Waals surface area contributed by atoms with E-state index in [0.717, 1.165) is 24.9 Å². The van der Waals surface area contributed by atoms with E-state index in [1.54, 1.807) is 11.3 Å². The Morgan fingerprint density at radius 3 is 2.50 bits per heavy atom. The average molecular weight is 342 g/mol. The summed E-state index contributed by atoms with van der Waals surface area (Å²) in [6.07, 6.45) is 2.85. The molecule has 1 N–H and O–H groups in total. The Labute approximate surface area is 146 Å². The molecule has 1 aliphatic heterocycles. The third kappa shape index (κ3) is 4.45. The predicted molar refractivity (Wildman–Crippen MR) is 97.0 cm³/mol. The summed E-state index contributed by atoms with van der Waals surface area (Å²) in [6.45, 7) is 1.35. The first-order chi connectivity index (χ1) is 11.7. The van der Waals surface area contributed by atoms with Crippen molar-refractivity contribution in [1.82, 2.24) is 4.90 Å². The molecule has 2 heterocycles. The predicted octanol–water partition coefficient (Wildman–Crippen LogP) is 3.56. The molecule has 2 amide bonds. The van der Waals surface area contributed by atoms with E-state index in [1.807, 2.05) is 46.7 Å². The molecule has 126 valence electrons. The fraction of sp³-hybridized carbons (Fsp3) is 0.368. The normalized spacial score (nSPS) is 15.2. The molecule has 0 atom stereocenters. The Balaban J connectivity index is 1.43. The van der Waals surface area contributed by atoms with Crippen LogP contribution < -0.4 is 5.32 Å². The van der Waals surface area contributed by atoms with Crippen molar-refractivity contribution >= 4 is 28.8 Å². The minimum atomic E-state index is -0.00782. The maximum Gasteiger partial charge on any atom is 0.227 e. The van der Waals surface area contributed by atoms with Crippen LogP contribution in [0.5, 0.6) is 0 Å². The number of hydrogen-bond acceptors (Lipinski definition) is 3. The minimum Gasteiger partial charge on any atom is -0.343 e. The first-order valence-electron chi connectivity index (χ1n) is 8.38. The highest BCUT2D eigenvalue weighted by atomic mass is 32.1. The number of rotatable bonds is 5. The van der Waals surface area contributed by atoms with Gasteiger partial charge in [-0.05, 0) is 42.8 Å². The molecule has 0 radical (unpaired) electrons. The molecule has 1 aliphatic rings. The molecule has 1 fully saturated rings. The smallest absolute Gasteiger partial charge is 0.227 e. The van der Waals surface area contributed by atoms with Crippen LogP contribution >= 0.6 is 11.3 Å². The van der Waals surface area contributed by atoms with Gasteiger partial charge in [0.15, 0.2) is 0 Å². The van der Waals surface area contributed by atoms with Gasteiger partial charge in [0, 0.05) is 36.0 Å². The van der Waals surface area contributed by atoms with Crippen molar-refractivity contribution < 1.29 is 9.59 Å². The fourth-order valence-corrected chi connectivity index (χ4v) is 3.71. The number of aryl methyl sites for hydroxylation is 1. The van der Waals surface area contributed by atoms with Gasteiger partial charge < -0.3 is 10.2 Å². The lowest BCUT2D eigenvalue weighted by atomic mass is 9.95. The van der Waals surface area contributed by atoms with Crippen LogP contribution in [0, 0.1) is 5.92 Å². The van der Waals surface area contributed by atoms with E-state index < -0.39 is 0 Å². The topological polar surface area (TPSA) is 49.4 Å². The van der Waals surface area contributed by atoms with Gasteiger partial charge in [-0.15, -0.1) is 11.3 Å². The van der Waals surface area contributed by atoms with Crippen molar-refractivity contribution in [3.8, 4) is 0 Å². The number of amides is 2. The van der Waals surface area contributed by atoms with Gasteiger partial charge in [-0.1, -0.05) is 24.3 Å². The van der Waals surface area contributed by atoms with E-state index in [2.05, 4.69) is 11.4 Å². The number of piperidine rings is 1. The maximum atomic E-state index is 12.3. The van der Waals surface area contributed by atoms with E-state index >= 15 is 0 Å². The molecule has 4 nitrogen and oxygen atoms in total. The number of benzene rings is 1. The summed E-state index contributed by atoms with van der Waals surface area (Å²) in [6, 6.07) is 13.6. The molecular formula is C19H22N2O2S. The summed E-state index contributed by atoms with van der Waals surface area (Å²) < 4.78 is 0. The van der Waals surface area contributed by atoms with E-state index in [0.29, 0.717) is 19.5 Å². The summed E-state index contributed by atoms with van der Waals surface area (Å²) in [4.78, 5) is 27.8. The average Bonchev–Trinajstić information content (AvgIpc) is 3.14. The lowest BCUT2D eigenvalue weighted by Crippen LogP contribution is -2.41. The number of carbonyl (C=O) groups excluding carboxylic acids is 2. The number of thiophene rings is 1. The molecule has 0 unspecified atom stereocenters. The molecule has 0 saturated carbocycles. The number of nitrogens with one attached hydrogen (secondary N) is 1. The van der Waals surface area contributed by atoms with E-state index in [9.17, 15) is 9.59 Å². The zero-order valence-corrected chi connectivity index (χ0v) is 14.4. The standard InChI is InChI=1S/C19H22N2O2S/c22-18(9-8-17-7-4-14-24-17)21-12-10-15(11-13-21)19(23)20-16-5-2-1-3-6-16/h1-7,14-15H,8-13H2,(H,20,23). The number of para-hydroxylation sites is 1. The number of likely N-dealkylation sites (tertiary alicyclic amines) is 1. The third-order valence-electron chi connectivity index (χ3n) is 4.43. The second kappa shape index (κ2) is 8.11. The summed E-state index contributed by atoms with van der Waals surface area (Å²) in [5, 5.41) is 5.00. The first kappa shape index (κ1) is 16.7. The van der Waals surface area contributed by atoms with Gasteiger partial charge in [0.05, 0.1) is 0 Å². The van der Waals surface area contributed by atoms with Crippen LogP contribution in [0.4, 0.5) is 5.69 Å². The van der Waals surface area contributed by atoms with Crippen LogP contribution in [0.3, 0.4) is 0 Å². The van der Waals surface area contributed by atoms with Gasteiger partial charge in [-0.2, -0.15) is 0 Å². The van der Waals surface area contributed by atoms with Crippen molar-refractivity contribution in [2.75, 3.05) is 18.4 Å². The highest BCUT2D eigenvalue weighted by Gasteiger charge is 2.27. The number of anilines is 1. The van der Waals surface area contributed by atoms with Gasteiger partial charge in [0.2, 0.25) is 11.8 Å². The lowest BCUT2D eigenvalue weighted by Gasteiger charge is -2.31. The largest absolute Gasteiger partial charge is 0.343 e. The summed E-state index contributed by atoms with van der Waals surface area (Å²) in [5.41, 5.74) is 0.831. The molecule has 2 aromatic rings. The number of hydrogen-bond donors (Lipinski definition) is 1. The van der Waals surface area contributed by atoms with Crippen LogP contribution in [0.25, 0.3) is 0 Å². The molecular weight excluding hydrogens is 320 g/mol. The lowest BCUT2D eigenvalue weighted by molar-refractivity contribution is -0.134. The highest BCUT2D eigenvalue weighted by molar-refractivity contribution is 7.09. The summed E-state index contributed by atoms with van der Waals surface area (Å²) >= 11 is 1.69. The van der Waals surface area contributed by atoms with Gasteiger partial charge in [-0.25, -0.2) is 0 Å². The SMILES string of the molecule is O=C(Nc1ccccc1)C1CCN(C(=O)CCc2cccs2)CC1. The van der Waals surface area contributed by atoms with Gasteiger partial charge in [-0.3, -0.25) is 9.59 Å². The molecule has 24 heavy (non-hydrogen) atoms. The van der Waals surface area contributed by atoms with Gasteiger partial charge in [0.25, 0.3) is 0 Å². The van der Waals surface area contributed by atoms with E-state index in [1.165, 1.54) is 4.88 Å². The van der Waals surface area contributed by atoms with Gasteiger partial charge >= 0.3 is 0 Å². The first-order valence-corrected chi connectivity index (χ1v) is 9.26. The summed E-state index contributed by atoms with van der Waals surface area (Å²) in [5.74, 6) is 0.253. The van der Waals surface area contributed by atoms with Crippen LogP contribution in [0.2, 0.25) is 0 Å². The maximum absolute atomic E-state index is 12.3. The Bertz CT molecular complexity index is 662. The molecule has 0 spiro atoms. The minimum absolute atomic E-state index is 0.00782. The van der Waals surface area contributed by atoms with E-state index in [-0.39, 0.29) is 17.7 Å². The molecule has 5 heteroatoms. The molecule has 3 rings (SSSR count). The molecule has 0 bridgehead atoms. The zero-order valence-electron chi connectivity index (χ0n) is 13.6.